The lowest BCUT2D eigenvalue weighted by Gasteiger charge is -2.05. The first kappa shape index (κ1) is 14.1. The highest BCUT2D eigenvalue weighted by atomic mass is 32.2. The van der Waals surface area contributed by atoms with Gasteiger partial charge in [-0.3, -0.25) is 4.79 Å². The van der Waals surface area contributed by atoms with Crippen molar-refractivity contribution in [3.63, 3.8) is 0 Å². The van der Waals surface area contributed by atoms with Gasteiger partial charge in [-0.05, 0) is 30.4 Å². The molecule has 0 saturated carbocycles. The molecule has 94 valence electrons. The summed E-state index contributed by atoms with van der Waals surface area (Å²) in [6.45, 7) is 5.33. The fourth-order valence-electron chi connectivity index (χ4n) is 1.39. The number of rotatable bonds is 7. The smallest absolute Gasteiger partial charge is 0.319 e. The highest BCUT2D eigenvalue weighted by Crippen LogP contribution is 2.17. The van der Waals surface area contributed by atoms with Gasteiger partial charge in [-0.25, -0.2) is 0 Å². The van der Waals surface area contributed by atoms with Crippen LogP contribution in [-0.4, -0.2) is 24.9 Å². The van der Waals surface area contributed by atoms with Gasteiger partial charge < -0.3 is 10.1 Å². The molecule has 1 rings (SSSR count). The standard InChI is InChI=1S/C13H19NO2S/c1-3-16-13(15)10-14-9-11-5-7-12(8-6-11)17-4-2/h5-8,14H,3-4,9-10H2,1-2H3. The van der Waals surface area contributed by atoms with Crippen LogP contribution in [0, 0.1) is 0 Å². The van der Waals surface area contributed by atoms with Gasteiger partial charge in [0.1, 0.15) is 0 Å². The number of esters is 1. The molecule has 0 saturated heterocycles. The molecule has 0 spiro atoms. The van der Waals surface area contributed by atoms with Gasteiger partial charge in [0.2, 0.25) is 0 Å². The van der Waals surface area contributed by atoms with Crippen LogP contribution >= 0.6 is 11.8 Å². The summed E-state index contributed by atoms with van der Waals surface area (Å²) in [6.07, 6.45) is 0. The summed E-state index contributed by atoms with van der Waals surface area (Å²) in [5.41, 5.74) is 1.18. The van der Waals surface area contributed by atoms with E-state index in [0.717, 1.165) is 5.75 Å². The SMILES string of the molecule is CCOC(=O)CNCc1ccc(SCC)cc1. The molecular formula is C13H19NO2S. The molecule has 1 aromatic rings. The molecule has 0 fully saturated rings. The van der Waals surface area contributed by atoms with Gasteiger partial charge in [0.05, 0.1) is 13.2 Å². The number of benzene rings is 1. The molecule has 1 aromatic carbocycles. The molecule has 0 atom stereocenters. The van der Waals surface area contributed by atoms with Crippen molar-refractivity contribution in [3.05, 3.63) is 29.8 Å². The molecule has 0 bridgehead atoms. The number of ether oxygens (including phenoxy) is 1. The van der Waals surface area contributed by atoms with Crippen molar-refractivity contribution in [2.75, 3.05) is 18.9 Å². The minimum atomic E-state index is -0.203. The Bertz CT molecular complexity index is 338. The highest BCUT2D eigenvalue weighted by molar-refractivity contribution is 7.99. The number of carbonyl (C=O) groups excluding carboxylic acids is 1. The maximum absolute atomic E-state index is 11.1. The largest absolute Gasteiger partial charge is 0.465 e. The average Bonchev–Trinajstić information content (AvgIpc) is 2.32. The zero-order valence-electron chi connectivity index (χ0n) is 10.4. The van der Waals surface area contributed by atoms with E-state index in [2.05, 4.69) is 36.5 Å². The van der Waals surface area contributed by atoms with E-state index in [1.807, 2.05) is 18.7 Å². The Morgan fingerprint density at radius 2 is 2.00 bits per heavy atom. The van der Waals surface area contributed by atoms with E-state index in [1.54, 1.807) is 0 Å². The summed E-state index contributed by atoms with van der Waals surface area (Å²) in [4.78, 5) is 12.4. The second-order valence-corrected chi connectivity index (χ2v) is 4.82. The van der Waals surface area contributed by atoms with Crippen LogP contribution < -0.4 is 5.32 Å². The van der Waals surface area contributed by atoms with Crippen molar-refractivity contribution >= 4 is 17.7 Å². The summed E-state index contributed by atoms with van der Waals surface area (Å²) in [6, 6.07) is 8.37. The first-order chi connectivity index (χ1) is 8.26. The number of nitrogens with one attached hydrogen (secondary N) is 1. The first-order valence-corrected chi connectivity index (χ1v) is 6.83. The molecule has 4 heteroatoms. The molecule has 0 aliphatic heterocycles. The minimum Gasteiger partial charge on any atom is -0.465 e. The fourth-order valence-corrected chi connectivity index (χ4v) is 2.05. The third-order valence-corrected chi connectivity index (χ3v) is 3.03. The van der Waals surface area contributed by atoms with Gasteiger partial charge >= 0.3 is 5.97 Å². The van der Waals surface area contributed by atoms with E-state index >= 15 is 0 Å². The molecule has 0 heterocycles. The number of thioether (sulfide) groups is 1. The fraction of sp³-hybridized carbons (Fsp3) is 0.462. The maximum atomic E-state index is 11.1. The van der Waals surface area contributed by atoms with Crippen molar-refractivity contribution in [2.24, 2.45) is 0 Å². The van der Waals surface area contributed by atoms with Crippen molar-refractivity contribution in [1.82, 2.24) is 5.32 Å². The van der Waals surface area contributed by atoms with E-state index < -0.39 is 0 Å². The van der Waals surface area contributed by atoms with Gasteiger partial charge in [-0.15, -0.1) is 11.8 Å². The van der Waals surface area contributed by atoms with E-state index in [1.165, 1.54) is 10.5 Å². The van der Waals surface area contributed by atoms with Crippen LogP contribution in [0.2, 0.25) is 0 Å². The second-order valence-electron chi connectivity index (χ2n) is 3.49. The monoisotopic (exact) mass is 253 g/mol. The second kappa shape index (κ2) is 8.14. The van der Waals surface area contributed by atoms with Crippen LogP contribution in [0.25, 0.3) is 0 Å². The Kier molecular flexibility index (Phi) is 6.74. The quantitative estimate of drug-likeness (QED) is 0.598. The molecule has 0 amide bonds. The van der Waals surface area contributed by atoms with Gasteiger partial charge in [-0.2, -0.15) is 0 Å². The minimum absolute atomic E-state index is 0.203. The molecular weight excluding hydrogens is 234 g/mol. The molecule has 0 aromatic heterocycles. The lowest BCUT2D eigenvalue weighted by atomic mass is 10.2. The Hall–Kier alpha value is -1.00. The van der Waals surface area contributed by atoms with Crippen LogP contribution in [0.5, 0.6) is 0 Å². The third-order valence-electron chi connectivity index (χ3n) is 2.14. The van der Waals surface area contributed by atoms with Crippen LogP contribution in [0.15, 0.2) is 29.2 Å². The predicted molar refractivity (Wildman–Crippen MR) is 71.2 cm³/mol. The van der Waals surface area contributed by atoms with E-state index in [0.29, 0.717) is 13.2 Å². The normalized spacial score (nSPS) is 10.2. The third kappa shape index (κ3) is 5.75. The van der Waals surface area contributed by atoms with Crippen molar-refractivity contribution in [2.45, 2.75) is 25.3 Å². The lowest BCUT2D eigenvalue weighted by Crippen LogP contribution is -2.24. The van der Waals surface area contributed by atoms with E-state index in [9.17, 15) is 4.79 Å². The van der Waals surface area contributed by atoms with E-state index in [-0.39, 0.29) is 12.5 Å². The molecule has 0 unspecified atom stereocenters. The maximum Gasteiger partial charge on any atom is 0.319 e. The van der Waals surface area contributed by atoms with Crippen LogP contribution in [0.1, 0.15) is 19.4 Å². The molecule has 3 nitrogen and oxygen atoms in total. The average molecular weight is 253 g/mol. The highest BCUT2D eigenvalue weighted by Gasteiger charge is 2.00. The summed E-state index contributed by atoms with van der Waals surface area (Å²) in [5, 5.41) is 3.06. The van der Waals surface area contributed by atoms with Crippen LogP contribution in [-0.2, 0) is 16.1 Å². The summed E-state index contributed by atoms with van der Waals surface area (Å²) >= 11 is 1.82. The first-order valence-electron chi connectivity index (χ1n) is 5.84. The van der Waals surface area contributed by atoms with Gasteiger partial charge in [-0.1, -0.05) is 19.1 Å². The van der Waals surface area contributed by atoms with Gasteiger partial charge in [0.15, 0.2) is 0 Å². The topological polar surface area (TPSA) is 38.3 Å². The van der Waals surface area contributed by atoms with Crippen molar-refractivity contribution < 1.29 is 9.53 Å². The van der Waals surface area contributed by atoms with Crippen LogP contribution in [0.3, 0.4) is 0 Å². The Balaban J connectivity index is 2.29. The molecule has 0 aliphatic rings. The molecule has 0 radical (unpaired) electrons. The molecule has 17 heavy (non-hydrogen) atoms. The number of hydrogen-bond donors (Lipinski definition) is 1. The van der Waals surface area contributed by atoms with E-state index in [4.69, 9.17) is 4.74 Å². The number of hydrogen-bond acceptors (Lipinski definition) is 4. The Labute approximate surface area is 107 Å². The zero-order valence-corrected chi connectivity index (χ0v) is 11.2. The Morgan fingerprint density at radius 1 is 1.29 bits per heavy atom. The molecule has 0 aliphatic carbocycles. The van der Waals surface area contributed by atoms with Gasteiger partial charge in [0, 0.05) is 11.4 Å². The summed E-state index contributed by atoms with van der Waals surface area (Å²) in [7, 11) is 0. The zero-order chi connectivity index (χ0) is 12.5. The van der Waals surface area contributed by atoms with Crippen molar-refractivity contribution in [1.29, 1.82) is 0 Å². The van der Waals surface area contributed by atoms with Crippen molar-refractivity contribution in [3.8, 4) is 0 Å². The summed E-state index contributed by atoms with van der Waals surface area (Å²) in [5.74, 6) is 0.881. The summed E-state index contributed by atoms with van der Waals surface area (Å²) < 4.78 is 4.83. The predicted octanol–water partition coefficient (Wildman–Crippen LogP) is 2.45. The Morgan fingerprint density at radius 3 is 2.59 bits per heavy atom. The molecule has 1 N–H and O–H groups in total. The van der Waals surface area contributed by atoms with Crippen LogP contribution in [0.4, 0.5) is 0 Å². The number of carbonyl (C=O) groups is 1. The lowest BCUT2D eigenvalue weighted by molar-refractivity contribution is -0.142. The van der Waals surface area contributed by atoms with Gasteiger partial charge in [0.25, 0.3) is 0 Å².